The maximum Gasteiger partial charge on any atom is 0.310 e. The molecule has 0 spiro atoms. The van der Waals surface area contributed by atoms with Gasteiger partial charge in [-0.05, 0) is 19.4 Å². The maximum absolute atomic E-state index is 11.1. The summed E-state index contributed by atoms with van der Waals surface area (Å²) in [6.07, 6.45) is -0.835. The first-order valence-electron chi connectivity index (χ1n) is 6.13. The minimum Gasteiger partial charge on any atom is -0.481 e. The van der Waals surface area contributed by atoms with E-state index in [9.17, 15) is 9.90 Å². The Morgan fingerprint density at radius 1 is 1.39 bits per heavy atom. The molecular weight excluding hydrogens is 230 g/mol. The fourth-order valence-corrected chi connectivity index (χ4v) is 2.54. The molecule has 2 rings (SSSR count). The van der Waals surface area contributed by atoms with E-state index in [4.69, 9.17) is 5.11 Å². The van der Waals surface area contributed by atoms with Crippen molar-refractivity contribution in [3.8, 4) is 0 Å². The molecule has 0 amide bonds. The van der Waals surface area contributed by atoms with Crippen LogP contribution in [0.2, 0.25) is 0 Å². The molecule has 1 aliphatic heterocycles. The number of carboxylic acids is 1. The van der Waals surface area contributed by atoms with Crippen LogP contribution in [0.25, 0.3) is 0 Å². The molecule has 0 radical (unpaired) electrons. The number of aliphatic hydroxyl groups is 1. The lowest BCUT2D eigenvalue weighted by Gasteiger charge is -2.33. The van der Waals surface area contributed by atoms with Crippen molar-refractivity contribution in [2.24, 2.45) is 5.92 Å². The van der Waals surface area contributed by atoms with Crippen LogP contribution in [-0.2, 0) is 11.3 Å². The van der Waals surface area contributed by atoms with Crippen molar-refractivity contribution in [1.29, 1.82) is 0 Å². The molecule has 0 aromatic heterocycles. The fraction of sp³-hybridized carbons (Fsp3) is 0.500. The minimum absolute atomic E-state index is 0.387. The van der Waals surface area contributed by atoms with Gasteiger partial charge >= 0.3 is 5.97 Å². The van der Waals surface area contributed by atoms with Gasteiger partial charge in [0.05, 0.1) is 12.0 Å². The van der Waals surface area contributed by atoms with E-state index in [0.717, 1.165) is 5.56 Å². The molecule has 2 unspecified atom stereocenters. The number of hydrogen-bond acceptors (Lipinski definition) is 3. The Morgan fingerprint density at radius 3 is 2.50 bits per heavy atom. The molecule has 1 aliphatic rings. The van der Waals surface area contributed by atoms with E-state index in [1.807, 2.05) is 49.1 Å². The summed E-state index contributed by atoms with van der Waals surface area (Å²) in [5.41, 5.74) is 0.614. The van der Waals surface area contributed by atoms with E-state index < -0.39 is 23.5 Å². The molecule has 4 heteroatoms. The van der Waals surface area contributed by atoms with Gasteiger partial charge in [0.25, 0.3) is 0 Å². The van der Waals surface area contributed by atoms with Gasteiger partial charge in [-0.15, -0.1) is 0 Å². The molecule has 0 bridgehead atoms. The fourth-order valence-electron chi connectivity index (χ4n) is 2.54. The summed E-state index contributed by atoms with van der Waals surface area (Å²) >= 11 is 0. The third-order valence-electron chi connectivity index (χ3n) is 3.87. The molecule has 18 heavy (non-hydrogen) atoms. The highest BCUT2D eigenvalue weighted by atomic mass is 16.4. The number of carboxylic acid groups (broad SMARTS) is 1. The zero-order chi connectivity index (χ0) is 13.3. The van der Waals surface area contributed by atoms with Crippen LogP contribution < -0.4 is 0 Å². The van der Waals surface area contributed by atoms with E-state index in [1.165, 1.54) is 0 Å². The third-order valence-corrected chi connectivity index (χ3v) is 3.87. The van der Waals surface area contributed by atoms with E-state index >= 15 is 0 Å². The van der Waals surface area contributed by atoms with Crippen molar-refractivity contribution in [3.05, 3.63) is 35.9 Å². The van der Waals surface area contributed by atoms with E-state index in [0.29, 0.717) is 13.1 Å². The summed E-state index contributed by atoms with van der Waals surface area (Å²) < 4.78 is 0. The van der Waals surface area contributed by atoms with Crippen molar-refractivity contribution in [2.75, 3.05) is 6.54 Å². The Labute approximate surface area is 107 Å². The van der Waals surface area contributed by atoms with Gasteiger partial charge in [0.15, 0.2) is 0 Å². The first-order chi connectivity index (χ1) is 8.43. The van der Waals surface area contributed by atoms with Crippen LogP contribution in [-0.4, -0.2) is 39.3 Å². The highest BCUT2D eigenvalue weighted by Crippen LogP contribution is 2.34. The summed E-state index contributed by atoms with van der Waals surface area (Å²) in [4.78, 5) is 13.1. The molecule has 0 aliphatic carbocycles. The lowest BCUT2D eigenvalue weighted by Crippen LogP contribution is -2.45. The smallest absolute Gasteiger partial charge is 0.310 e. The highest BCUT2D eigenvalue weighted by Gasteiger charge is 2.49. The SMILES string of the molecule is CC1(C)C(O)C(C(=O)O)CN1Cc1ccccc1. The van der Waals surface area contributed by atoms with Gasteiger partial charge in [0.1, 0.15) is 0 Å². The summed E-state index contributed by atoms with van der Waals surface area (Å²) in [7, 11) is 0. The molecule has 1 heterocycles. The van der Waals surface area contributed by atoms with Crippen molar-refractivity contribution < 1.29 is 15.0 Å². The monoisotopic (exact) mass is 249 g/mol. The van der Waals surface area contributed by atoms with E-state index in [1.54, 1.807) is 0 Å². The zero-order valence-electron chi connectivity index (χ0n) is 10.7. The van der Waals surface area contributed by atoms with Crippen LogP contribution in [0.5, 0.6) is 0 Å². The second-order valence-electron chi connectivity index (χ2n) is 5.41. The molecule has 4 nitrogen and oxygen atoms in total. The third kappa shape index (κ3) is 2.26. The van der Waals surface area contributed by atoms with Gasteiger partial charge in [-0.25, -0.2) is 0 Å². The molecule has 1 fully saturated rings. The Balaban J connectivity index is 2.16. The molecule has 1 aromatic carbocycles. The predicted octanol–water partition coefficient (Wildman–Crippen LogP) is 1.34. The Bertz CT molecular complexity index is 430. The topological polar surface area (TPSA) is 60.8 Å². The number of benzene rings is 1. The molecule has 1 saturated heterocycles. The number of rotatable bonds is 3. The zero-order valence-corrected chi connectivity index (χ0v) is 10.7. The van der Waals surface area contributed by atoms with Crippen LogP contribution in [0, 0.1) is 5.92 Å². The number of likely N-dealkylation sites (tertiary alicyclic amines) is 1. The lowest BCUT2D eigenvalue weighted by atomic mass is 9.92. The van der Waals surface area contributed by atoms with Crippen LogP contribution in [0.3, 0.4) is 0 Å². The molecule has 2 atom stereocenters. The Kier molecular flexibility index (Phi) is 3.41. The second-order valence-corrected chi connectivity index (χ2v) is 5.41. The average molecular weight is 249 g/mol. The molecule has 2 N–H and O–H groups in total. The van der Waals surface area contributed by atoms with Gasteiger partial charge in [-0.2, -0.15) is 0 Å². The summed E-state index contributed by atoms with van der Waals surface area (Å²) in [6, 6.07) is 9.90. The van der Waals surface area contributed by atoms with Crippen LogP contribution in [0.4, 0.5) is 0 Å². The van der Waals surface area contributed by atoms with Crippen molar-refractivity contribution in [1.82, 2.24) is 4.90 Å². The Hall–Kier alpha value is -1.39. The Morgan fingerprint density at radius 2 is 2.00 bits per heavy atom. The normalized spacial score (nSPS) is 27.3. The molecule has 0 saturated carbocycles. The van der Waals surface area contributed by atoms with Crippen LogP contribution in [0.15, 0.2) is 30.3 Å². The van der Waals surface area contributed by atoms with Gasteiger partial charge in [0.2, 0.25) is 0 Å². The van der Waals surface area contributed by atoms with Gasteiger partial charge in [0, 0.05) is 18.6 Å². The van der Waals surface area contributed by atoms with Crippen molar-refractivity contribution in [3.63, 3.8) is 0 Å². The van der Waals surface area contributed by atoms with E-state index in [-0.39, 0.29) is 0 Å². The average Bonchev–Trinajstić information content (AvgIpc) is 2.54. The van der Waals surface area contributed by atoms with Crippen molar-refractivity contribution in [2.45, 2.75) is 32.0 Å². The minimum atomic E-state index is -0.925. The van der Waals surface area contributed by atoms with E-state index in [2.05, 4.69) is 0 Å². The number of aliphatic carboxylic acids is 1. The van der Waals surface area contributed by atoms with Gasteiger partial charge < -0.3 is 10.2 Å². The van der Waals surface area contributed by atoms with Gasteiger partial charge in [-0.1, -0.05) is 30.3 Å². The summed E-state index contributed by atoms with van der Waals surface area (Å²) in [5.74, 6) is -1.63. The number of carbonyl (C=O) groups is 1. The number of nitrogens with zero attached hydrogens (tertiary/aromatic N) is 1. The molecule has 1 aromatic rings. The molecule has 98 valence electrons. The van der Waals surface area contributed by atoms with Crippen LogP contribution >= 0.6 is 0 Å². The first-order valence-corrected chi connectivity index (χ1v) is 6.13. The van der Waals surface area contributed by atoms with Crippen LogP contribution in [0.1, 0.15) is 19.4 Å². The standard InChI is InChI=1S/C14H19NO3/c1-14(2)12(16)11(13(17)18)9-15(14)8-10-6-4-3-5-7-10/h3-7,11-12,16H,8-9H2,1-2H3,(H,17,18). The number of aliphatic hydroxyl groups excluding tert-OH is 1. The van der Waals surface area contributed by atoms with Gasteiger partial charge in [-0.3, -0.25) is 9.69 Å². The number of hydrogen-bond donors (Lipinski definition) is 2. The first kappa shape index (κ1) is 13.1. The lowest BCUT2D eigenvalue weighted by molar-refractivity contribution is -0.144. The van der Waals surface area contributed by atoms with Crippen molar-refractivity contribution >= 4 is 5.97 Å². The maximum atomic E-state index is 11.1. The molecular formula is C14H19NO3. The quantitative estimate of drug-likeness (QED) is 0.848. The highest BCUT2D eigenvalue weighted by molar-refractivity contribution is 5.72. The summed E-state index contributed by atoms with van der Waals surface area (Å²) in [5, 5.41) is 19.2. The summed E-state index contributed by atoms with van der Waals surface area (Å²) in [6.45, 7) is 4.83. The predicted molar refractivity (Wildman–Crippen MR) is 68.1 cm³/mol. The second kappa shape index (κ2) is 4.71. The largest absolute Gasteiger partial charge is 0.481 e.